The quantitative estimate of drug-likeness (QED) is 0.735. The minimum atomic E-state index is -0.0915. The van der Waals surface area contributed by atoms with Gasteiger partial charge in [-0.2, -0.15) is 0 Å². The number of hydrogen-bond acceptors (Lipinski definition) is 2. The highest BCUT2D eigenvalue weighted by Crippen LogP contribution is 2.22. The molecule has 1 amide bonds. The van der Waals surface area contributed by atoms with Gasteiger partial charge in [0.05, 0.1) is 5.92 Å². The third-order valence-corrected chi connectivity index (χ3v) is 2.75. The van der Waals surface area contributed by atoms with Gasteiger partial charge < -0.3 is 11.1 Å². The first-order valence-electron chi connectivity index (χ1n) is 5.32. The van der Waals surface area contributed by atoms with Crippen molar-refractivity contribution in [1.82, 2.24) is 5.32 Å². The van der Waals surface area contributed by atoms with Crippen LogP contribution in [-0.2, 0) is 4.79 Å². The summed E-state index contributed by atoms with van der Waals surface area (Å²) in [7, 11) is 0. The van der Waals surface area contributed by atoms with Crippen molar-refractivity contribution < 1.29 is 4.79 Å². The van der Waals surface area contributed by atoms with E-state index in [2.05, 4.69) is 5.32 Å². The molecule has 0 aromatic heterocycles. The minimum absolute atomic E-state index is 0.0915. The van der Waals surface area contributed by atoms with Gasteiger partial charge >= 0.3 is 0 Å². The largest absolute Gasteiger partial charge is 0.399 e. The molecule has 1 fully saturated rings. The second kappa shape index (κ2) is 3.93. The van der Waals surface area contributed by atoms with Gasteiger partial charge in [-0.15, -0.1) is 0 Å². The Morgan fingerprint density at radius 1 is 1.40 bits per heavy atom. The standard InChI is InChI=1S/C12H16N2O/c1-8(12(15)14-11-6-7-11)9-2-4-10(13)5-3-9/h2-5,8,11H,6-7,13H2,1H3,(H,14,15)/t8-/m1/s1. The van der Waals surface area contributed by atoms with Crippen LogP contribution in [0.5, 0.6) is 0 Å². The highest BCUT2D eigenvalue weighted by molar-refractivity contribution is 5.83. The van der Waals surface area contributed by atoms with E-state index in [-0.39, 0.29) is 11.8 Å². The fourth-order valence-electron chi connectivity index (χ4n) is 1.49. The summed E-state index contributed by atoms with van der Waals surface area (Å²) in [4.78, 5) is 11.7. The first-order chi connectivity index (χ1) is 7.16. The van der Waals surface area contributed by atoms with Crippen LogP contribution in [0.2, 0.25) is 0 Å². The van der Waals surface area contributed by atoms with Crippen LogP contribution in [0.15, 0.2) is 24.3 Å². The van der Waals surface area contributed by atoms with Crippen LogP contribution < -0.4 is 11.1 Å². The Balaban J connectivity index is 2.02. The molecule has 2 rings (SSSR count). The van der Waals surface area contributed by atoms with Crippen molar-refractivity contribution in [2.24, 2.45) is 0 Å². The summed E-state index contributed by atoms with van der Waals surface area (Å²) in [5, 5.41) is 3.00. The fraction of sp³-hybridized carbons (Fsp3) is 0.417. The van der Waals surface area contributed by atoms with Crippen LogP contribution in [0, 0.1) is 0 Å². The van der Waals surface area contributed by atoms with Crippen LogP contribution in [-0.4, -0.2) is 11.9 Å². The Labute approximate surface area is 89.7 Å². The topological polar surface area (TPSA) is 55.1 Å². The number of rotatable bonds is 3. The summed E-state index contributed by atoms with van der Waals surface area (Å²) in [6.07, 6.45) is 2.25. The van der Waals surface area contributed by atoms with Gasteiger partial charge in [-0.05, 0) is 37.5 Å². The van der Waals surface area contributed by atoms with Crippen molar-refractivity contribution in [3.05, 3.63) is 29.8 Å². The lowest BCUT2D eigenvalue weighted by molar-refractivity contribution is -0.122. The van der Waals surface area contributed by atoms with Gasteiger partial charge in [-0.25, -0.2) is 0 Å². The average Bonchev–Trinajstić information content (AvgIpc) is 3.02. The molecule has 1 aromatic rings. The monoisotopic (exact) mass is 204 g/mol. The van der Waals surface area contributed by atoms with E-state index < -0.39 is 0 Å². The molecule has 3 nitrogen and oxygen atoms in total. The summed E-state index contributed by atoms with van der Waals surface area (Å²) < 4.78 is 0. The van der Waals surface area contributed by atoms with E-state index in [1.54, 1.807) is 0 Å². The summed E-state index contributed by atoms with van der Waals surface area (Å²) in [6, 6.07) is 7.90. The maximum Gasteiger partial charge on any atom is 0.227 e. The Kier molecular flexibility index (Phi) is 2.62. The van der Waals surface area contributed by atoms with E-state index in [1.807, 2.05) is 31.2 Å². The summed E-state index contributed by atoms with van der Waals surface area (Å²) in [5.41, 5.74) is 7.34. The molecule has 80 valence electrons. The predicted molar refractivity (Wildman–Crippen MR) is 60.4 cm³/mol. The molecule has 15 heavy (non-hydrogen) atoms. The summed E-state index contributed by atoms with van der Waals surface area (Å²) >= 11 is 0. The van der Waals surface area contributed by atoms with E-state index >= 15 is 0 Å². The van der Waals surface area contributed by atoms with E-state index in [0.29, 0.717) is 6.04 Å². The van der Waals surface area contributed by atoms with Gasteiger partial charge in [0.2, 0.25) is 5.91 Å². The summed E-state index contributed by atoms with van der Waals surface area (Å²) in [5.74, 6) is 0.0217. The SMILES string of the molecule is C[C@@H](C(=O)NC1CC1)c1ccc(N)cc1. The third kappa shape index (κ3) is 2.49. The molecule has 0 aliphatic heterocycles. The molecule has 3 heteroatoms. The Hall–Kier alpha value is -1.51. The van der Waals surface area contributed by atoms with Crippen molar-refractivity contribution in [3.63, 3.8) is 0 Å². The van der Waals surface area contributed by atoms with Gasteiger partial charge in [0.15, 0.2) is 0 Å². The number of carbonyl (C=O) groups is 1. The van der Waals surface area contributed by atoms with E-state index in [4.69, 9.17) is 5.73 Å². The van der Waals surface area contributed by atoms with Crippen molar-refractivity contribution in [3.8, 4) is 0 Å². The van der Waals surface area contributed by atoms with Gasteiger partial charge in [0.25, 0.3) is 0 Å². The van der Waals surface area contributed by atoms with Crippen LogP contribution >= 0.6 is 0 Å². The Bertz CT molecular complexity index is 354. The lowest BCUT2D eigenvalue weighted by atomic mass is 10.00. The lowest BCUT2D eigenvalue weighted by Gasteiger charge is -2.12. The smallest absolute Gasteiger partial charge is 0.227 e. The van der Waals surface area contributed by atoms with Crippen molar-refractivity contribution in [2.45, 2.75) is 31.7 Å². The predicted octanol–water partition coefficient (Wildman–Crippen LogP) is 1.65. The van der Waals surface area contributed by atoms with Crippen LogP contribution in [0.4, 0.5) is 5.69 Å². The summed E-state index contributed by atoms with van der Waals surface area (Å²) in [6.45, 7) is 1.92. The maximum absolute atomic E-state index is 11.7. The fourth-order valence-corrected chi connectivity index (χ4v) is 1.49. The average molecular weight is 204 g/mol. The first kappa shape index (κ1) is 10.0. The molecule has 1 aromatic carbocycles. The number of nitrogen functional groups attached to an aromatic ring is 1. The number of nitrogens with two attached hydrogens (primary N) is 1. The zero-order valence-corrected chi connectivity index (χ0v) is 8.86. The number of amides is 1. The zero-order chi connectivity index (χ0) is 10.8. The molecule has 0 bridgehead atoms. The van der Waals surface area contributed by atoms with Crippen molar-refractivity contribution in [1.29, 1.82) is 0 Å². The Morgan fingerprint density at radius 3 is 2.53 bits per heavy atom. The van der Waals surface area contributed by atoms with Crippen molar-refractivity contribution >= 4 is 11.6 Å². The Morgan fingerprint density at radius 2 is 2.00 bits per heavy atom. The molecule has 0 spiro atoms. The second-order valence-electron chi connectivity index (χ2n) is 4.17. The zero-order valence-electron chi connectivity index (χ0n) is 8.86. The molecule has 0 saturated heterocycles. The maximum atomic E-state index is 11.7. The number of anilines is 1. The van der Waals surface area contributed by atoms with Crippen LogP contribution in [0.25, 0.3) is 0 Å². The van der Waals surface area contributed by atoms with Crippen LogP contribution in [0.1, 0.15) is 31.2 Å². The lowest BCUT2D eigenvalue weighted by Crippen LogP contribution is -2.29. The molecule has 3 N–H and O–H groups in total. The van der Waals surface area contributed by atoms with E-state index in [1.165, 1.54) is 0 Å². The van der Waals surface area contributed by atoms with E-state index in [0.717, 1.165) is 24.1 Å². The molecule has 1 atom stereocenters. The number of hydrogen-bond donors (Lipinski definition) is 2. The van der Waals surface area contributed by atoms with Gasteiger partial charge in [0.1, 0.15) is 0 Å². The molecule has 0 heterocycles. The minimum Gasteiger partial charge on any atom is -0.399 e. The number of benzene rings is 1. The molecule has 0 unspecified atom stereocenters. The highest BCUT2D eigenvalue weighted by Gasteiger charge is 2.25. The molecule has 1 saturated carbocycles. The number of carbonyl (C=O) groups excluding carboxylic acids is 1. The van der Waals surface area contributed by atoms with Gasteiger partial charge in [0, 0.05) is 11.7 Å². The number of nitrogens with one attached hydrogen (secondary N) is 1. The molecule has 1 aliphatic carbocycles. The van der Waals surface area contributed by atoms with Gasteiger partial charge in [-0.1, -0.05) is 12.1 Å². The van der Waals surface area contributed by atoms with Crippen LogP contribution in [0.3, 0.4) is 0 Å². The van der Waals surface area contributed by atoms with Gasteiger partial charge in [-0.3, -0.25) is 4.79 Å². The van der Waals surface area contributed by atoms with Crippen molar-refractivity contribution in [2.75, 3.05) is 5.73 Å². The third-order valence-electron chi connectivity index (χ3n) is 2.75. The molecule has 1 aliphatic rings. The van der Waals surface area contributed by atoms with E-state index in [9.17, 15) is 4.79 Å². The molecular formula is C12H16N2O. The second-order valence-corrected chi connectivity index (χ2v) is 4.17. The molecule has 0 radical (unpaired) electrons. The normalized spacial score (nSPS) is 17.1. The molecular weight excluding hydrogens is 188 g/mol. The highest BCUT2D eigenvalue weighted by atomic mass is 16.1. The first-order valence-corrected chi connectivity index (χ1v) is 5.32.